The molecule has 0 fully saturated rings. The Morgan fingerprint density at radius 2 is 1.64 bits per heavy atom. The lowest BCUT2D eigenvalue weighted by molar-refractivity contribution is -0.138. The van der Waals surface area contributed by atoms with Gasteiger partial charge >= 0.3 is 5.97 Å². The van der Waals surface area contributed by atoms with Gasteiger partial charge in [-0.15, -0.1) is 0 Å². The molecule has 13 heteroatoms. The molecule has 1 aromatic carbocycles. The predicted molar refractivity (Wildman–Crippen MR) is 126 cm³/mol. The predicted octanol–water partition coefficient (Wildman–Crippen LogP) is -2.29. The second-order valence-corrected chi connectivity index (χ2v) is 7.53. The minimum Gasteiger partial charge on any atom is -0.480 e. The molecule has 0 aliphatic carbocycles. The summed E-state index contributed by atoms with van der Waals surface area (Å²) >= 11 is 4.11. The minimum absolute atomic E-state index is 0.0485. The van der Waals surface area contributed by atoms with E-state index in [-0.39, 0.29) is 31.1 Å². The van der Waals surface area contributed by atoms with Crippen LogP contribution < -0.4 is 33.2 Å². The van der Waals surface area contributed by atoms with E-state index in [0.29, 0.717) is 6.42 Å². The Hall–Kier alpha value is -3.32. The highest BCUT2D eigenvalue weighted by atomic mass is 32.1. The Labute approximate surface area is 197 Å². The van der Waals surface area contributed by atoms with Crippen molar-refractivity contribution in [2.24, 2.45) is 22.2 Å². The molecule has 1 rings (SSSR count). The van der Waals surface area contributed by atoms with Crippen LogP contribution in [-0.4, -0.2) is 71.7 Å². The number of hydrogen-bond donors (Lipinski definition) is 8. The molecular formula is C20H31N7O5S. The average Bonchev–Trinajstić information content (AvgIpc) is 2.77. The molecule has 0 aliphatic heterocycles. The zero-order chi connectivity index (χ0) is 24.8. The van der Waals surface area contributed by atoms with Gasteiger partial charge in [0.2, 0.25) is 17.7 Å². The van der Waals surface area contributed by atoms with Crippen molar-refractivity contribution in [3.63, 3.8) is 0 Å². The molecular weight excluding hydrogens is 450 g/mol. The lowest BCUT2D eigenvalue weighted by atomic mass is 10.1. The van der Waals surface area contributed by atoms with Gasteiger partial charge in [0.1, 0.15) is 18.6 Å². The van der Waals surface area contributed by atoms with Gasteiger partial charge in [-0.25, -0.2) is 0 Å². The highest BCUT2D eigenvalue weighted by molar-refractivity contribution is 7.80. The van der Waals surface area contributed by atoms with Gasteiger partial charge in [-0.05, 0) is 24.8 Å². The van der Waals surface area contributed by atoms with E-state index in [1.807, 2.05) is 30.3 Å². The lowest BCUT2D eigenvalue weighted by Crippen LogP contribution is -2.57. The molecule has 0 saturated carbocycles. The quantitative estimate of drug-likeness (QED) is 0.0624. The number of carbonyl (C=O) groups excluding carboxylic acids is 3. The number of carboxylic acids is 1. The molecule has 3 unspecified atom stereocenters. The number of aliphatic carboxylic acids is 1. The van der Waals surface area contributed by atoms with Crippen LogP contribution in [0, 0.1) is 0 Å². The van der Waals surface area contributed by atoms with Crippen LogP contribution in [0.1, 0.15) is 18.4 Å². The topological polar surface area (TPSA) is 215 Å². The average molecular weight is 482 g/mol. The van der Waals surface area contributed by atoms with Gasteiger partial charge in [-0.1, -0.05) is 30.3 Å². The van der Waals surface area contributed by atoms with Crippen molar-refractivity contribution in [3.8, 4) is 0 Å². The number of carbonyl (C=O) groups is 4. The second kappa shape index (κ2) is 14.7. The second-order valence-electron chi connectivity index (χ2n) is 7.16. The van der Waals surface area contributed by atoms with Gasteiger partial charge in [0.25, 0.3) is 0 Å². The summed E-state index contributed by atoms with van der Waals surface area (Å²) in [5.41, 5.74) is 17.3. The number of amides is 3. The van der Waals surface area contributed by atoms with E-state index >= 15 is 0 Å². The number of aliphatic imine (C=N–C) groups is 1. The van der Waals surface area contributed by atoms with Crippen molar-refractivity contribution in [3.05, 3.63) is 35.9 Å². The van der Waals surface area contributed by atoms with Crippen LogP contribution in [0.3, 0.4) is 0 Å². The monoisotopic (exact) mass is 481 g/mol. The van der Waals surface area contributed by atoms with Crippen molar-refractivity contribution in [2.45, 2.75) is 37.4 Å². The van der Waals surface area contributed by atoms with Crippen molar-refractivity contribution in [1.29, 1.82) is 0 Å². The Bertz CT molecular complexity index is 833. The maximum Gasteiger partial charge on any atom is 0.322 e. The smallest absolute Gasteiger partial charge is 0.322 e. The number of nitrogens with zero attached hydrogens (tertiary/aromatic N) is 1. The number of rotatable bonds is 14. The molecule has 12 nitrogen and oxygen atoms in total. The van der Waals surface area contributed by atoms with E-state index < -0.39 is 48.4 Å². The molecule has 182 valence electrons. The zero-order valence-electron chi connectivity index (χ0n) is 18.1. The number of carboxylic acid groups (broad SMARTS) is 1. The highest BCUT2D eigenvalue weighted by Crippen LogP contribution is 2.04. The van der Waals surface area contributed by atoms with Gasteiger partial charge < -0.3 is 38.3 Å². The summed E-state index contributed by atoms with van der Waals surface area (Å²) in [6.07, 6.45) is 0.747. The Morgan fingerprint density at radius 3 is 2.21 bits per heavy atom. The maximum atomic E-state index is 12.7. The van der Waals surface area contributed by atoms with Gasteiger partial charge in [0, 0.05) is 12.3 Å². The van der Waals surface area contributed by atoms with E-state index in [2.05, 4.69) is 33.6 Å². The standard InChI is InChI=1S/C20H31N7O5S/c21-13(9-12-5-2-1-3-6-12)17(30)27-15(11-33)19(32)26-14(7-4-8-24-20(22)23)18(31)25-10-16(28)29/h1-3,5-6,13-15,33H,4,7-11,21H2,(H,25,31)(H,26,32)(H,27,30)(H,28,29)(H4,22,23,24). The fraction of sp³-hybridized carbons (Fsp3) is 0.450. The fourth-order valence-corrected chi connectivity index (χ4v) is 3.02. The first-order chi connectivity index (χ1) is 15.6. The van der Waals surface area contributed by atoms with Crippen molar-refractivity contribution >= 4 is 42.3 Å². The Balaban J connectivity index is 2.74. The first-order valence-corrected chi connectivity index (χ1v) is 10.8. The summed E-state index contributed by atoms with van der Waals surface area (Å²) < 4.78 is 0. The molecule has 3 amide bonds. The van der Waals surface area contributed by atoms with Crippen LogP contribution >= 0.6 is 12.6 Å². The Morgan fingerprint density at radius 1 is 1.00 bits per heavy atom. The third-order valence-electron chi connectivity index (χ3n) is 4.44. The van der Waals surface area contributed by atoms with Crippen molar-refractivity contribution in [1.82, 2.24) is 16.0 Å². The van der Waals surface area contributed by atoms with E-state index in [1.54, 1.807) is 0 Å². The van der Waals surface area contributed by atoms with Crippen LogP contribution in [0.15, 0.2) is 35.3 Å². The van der Waals surface area contributed by atoms with Crippen molar-refractivity contribution in [2.75, 3.05) is 18.8 Å². The van der Waals surface area contributed by atoms with Crippen molar-refractivity contribution < 1.29 is 24.3 Å². The molecule has 0 aliphatic rings. The van der Waals surface area contributed by atoms with Gasteiger partial charge in [0.15, 0.2) is 5.96 Å². The molecule has 0 heterocycles. The zero-order valence-corrected chi connectivity index (χ0v) is 19.0. The van der Waals surface area contributed by atoms with Gasteiger partial charge in [0.05, 0.1) is 6.04 Å². The third-order valence-corrected chi connectivity index (χ3v) is 4.81. The van der Waals surface area contributed by atoms with E-state index in [1.165, 1.54) is 0 Å². The molecule has 1 aromatic rings. The largest absolute Gasteiger partial charge is 0.480 e. The van der Waals surface area contributed by atoms with E-state index in [0.717, 1.165) is 5.56 Å². The summed E-state index contributed by atoms with van der Waals surface area (Å²) in [5, 5.41) is 16.0. The number of nitrogens with one attached hydrogen (secondary N) is 3. The van der Waals surface area contributed by atoms with Crippen LogP contribution in [0.2, 0.25) is 0 Å². The fourth-order valence-electron chi connectivity index (χ4n) is 2.76. The van der Waals surface area contributed by atoms with Crippen LogP contribution in [0.4, 0.5) is 0 Å². The molecule has 0 radical (unpaired) electrons. The van der Waals surface area contributed by atoms with Crippen LogP contribution in [0.25, 0.3) is 0 Å². The maximum absolute atomic E-state index is 12.7. The highest BCUT2D eigenvalue weighted by Gasteiger charge is 2.27. The number of nitrogens with two attached hydrogens (primary N) is 3. The van der Waals surface area contributed by atoms with Gasteiger partial charge in [-0.2, -0.15) is 12.6 Å². The van der Waals surface area contributed by atoms with Crippen LogP contribution in [0.5, 0.6) is 0 Å². The number of hydrogen-bond acceptors (Lipinski definition) is 7. The lowest BCUT2D eigenvalue weighted by Gasteiger charge is -2.23. The summed E-state index contributed by atoms with van der Waals surface area (Å²) in [7, 11) is 0. The first kappa shape index (κ1) is 27.7. The normalized spacial score (nSPS) is 13.2. The molecule has 0 saturated heterocycles. The minimum atomic E-state index is -1.23. The molecule has 33 heavy (non-hydrogen) atoms. The first-order valence-electron chi connectivity index (χ1n) is 10.2. The molecule has 0 aromatic heterocycles. The van der Waals surface area contributed by atoms with Gasteiger partial charge in [-0.3, -0.25) is 24.2 Å². The van der Waals surface area contributed by atoms with Crippen LogP contribution in [-0.2, 0) is 25.6 Å². The summed E-state index contributed by atoms with van der Waals surface area (Å²) in [6, 6.07) is 6.14. The summed E-state index contributed by atoms with van der Waals surface area (Å²) in [6.45, 7) is -0.401. The van der Waals surface area contributed by atoms with E-state index in [9.17, 15) is 19.2 Å². The summed E-state index contributed by atoms with van der Waals surface area (Å²) in [5.74, 6) is -3.30. The third kappa shape index (κ3) is 11.2. The van der Waals surface area contributed by atoms with E-state index in [4.69, 9.17) is 22.3 Å². The summed E-state index contributed by atoms with van der Waals surface area (Å²) in [4.78, 5) is 52.1. The number of guanidine groups is 1. The SMILES string of the molecule is NC(N)=NCCCC(NC(=O)C(CS)NC(=O)C(N)Cc1ccccc1)C(=O)NCC(=O)O. The molecule has 3 atom stereocenters. The molecule has 0 bridgehead atoms. The molecule has 10 N–H and O–H groups in total. The number of benzene rings is 1. The molecule has 0 spiro atoms. The number of thiol groups is 1. The Kier molecular flexibility index (Phi) is 12.3.